The van der Waals surface area contributed by atoms with E-state index in [1.807, 2.05) is 0 Å². The fraction of sp³-hybridized carbons (Fsp3) is 0.200. The Morgan fingerprint density at radius 2 is 1.57 bits per heavy atom. The average molecular weight is 534 g/mol. The van der Waals surface area contributed by atoms with Gasteiger partial charge in [-0.2, -0.15) is 0 Å². The van der Waals surface area contributed by atoms with Crippen LogP contribution in [0.2, 0.25) is 10.0 Å². The smallest absolute Gasteiger partial charge is 0.264 e. The minimum absolute atomic E-state index is 0.0244. The first-order chi connectivity index (χ1) is 16.6. The molecule has 0 radical (unpaired) electrons. The number of benzene rings is 3. The van der Waals surface area contributed by atoms with E-state index >= 15 is 0 Å². The number of nitrogens with zero attached hydrogens (tertiary/aromatic N) is 2. The SMILES string of the molecule is CNC(=O)C(C)N(Cc1ccc(Cl)cc1)C(=O)CN(c1cccc(Cl)c1)S(=O)(=O)c1ccccc1. The van der Waals surface area contributed by atoms with Gasteiger partial charge in [0.15, 0.2) is 0 Å². The summed E-state index contributed by atoms with van der Waals surface area (Å²) in [4.78, 5) is 27.4. The van der Waals surface area contributed by atoms with Crippen molar-refractivity contribution >= 4 is 50.7 Å². The average Bonchev–Trinajstić information content (AvgIpc) is 2.86. The maximum Gasteiger partial charge on any atom is 0.264 e. The van der Waals surface area contributed by atoms with Crippen LogP contribution in [-0.4, -0.2) is 44.8 Å². The highest BCUT2D eigenvalue weighted by Crippen LogP contribution is 2.26. The summed E-state index contributed by atoms with van der Waals surface area (Å²) >= 11 is 12.1. The zero-order chi connectivity index (χ0) is 25.6. The minimum atomic E-state index is -4.12. The van der Waals surface area contributed by atoms with Gasteiger partial charge in [0.25, 0.3) is 10.0 Å². The van der Waals surface area contributed by atoms with E-state index in [0.29, 0.717) is 10.0 Å². The number of rotatable bonds is 9. The van der Waals surface area contributed by atoms with Crippen LogP contribution in [0.5, 0.6) is 0 Å². The number of carbonyl (C=O) groups is 2. The normalized spacial score (nSPS) is 12.0. The molecule has 3 aromatic carbocycles. The monoisotopic (exact) mass is 533 g/mol. The Morgan fingerprint density at radius 3 is 2.17 bits per heavy atom. The Kier molecular flexibility index (Phi) is 8.77. The molecule has 7 nitrogen and oxygen atoms in total. The van der Waals surface area contributed by atoms with E-state index in [1.165, 1.54) is 30.1 Å². The molecule has 3 aromatic rings. The van der Waals surface area contributed by atoms with Crippen molar-refractivity contribution in [1.29, 1.82) is 0 Å². The predicted molar refractivity (Wildman–Crippen MR) is 138 cm³/mol. The van der Waals surface area contributed by atoms with Crippen molar-refractivity contribution in [3.8, 4) is 0 Å². The first kappa shape index (κ1) is 26.5. The number of hydrogen-bond donors (Lipinski definition) is 1. The third-order valence-electron chi connectivity index (χ3n) is 5.39. The quantitative estimate of drug-likeness (QED) is 0.442. The van der Waals surface area contributed by atoms with Gasteiger partial charge in [-0.1, -0.05) is 59.6 Å². The predicted octanol–water partition coefficient (Wildman–Crippen LogP) is 4.35. The van der Waals surface area contributed by atoms with Gasteiger partial charge in [-0.05, 0) is 55.0 Å². The van der Waals surface area contributed by atoms with E-state index in [0.717, 1.165) is 9.87 Å². The molecular weight excluding hydrogens is 509 g/mol. The number of anilines is 1. The summed E-state index contributed by atoms with van der Waals surface area (Å²) in [6.45, 7) is 1.13. The van der Waals surface area contributed by atoms with Crippen molar-refractivity contribution < 1.29 is 18.0 Å². The summed E-state index contributed by atoms with van der Waals surface area (Å²) < 4.78 is 28.2. The molecule has 0 heterocycles. The van der Waals surface area contributed by atoms with Gasteiger partial charge in [0.1, 0.15) is 12.6 Å². The highest BCUT2D eigenvalue weighted by molar-refractivity contribution is 7.92. The third kappa shape index (κ3) is 6.54. The van der Waals surface area contributed by atoms with E-state index < -0.39 is 28.5 Å². The summed E-state index contributed by atoms with van der Waals surface area (Å²) in [6, 6.07) is 20.1. The van der Waals surface area contributed by atoms with Crippen molar-refractivity contribution in [1.82, 2.24) is 10.2 Å². The Morgan fingerprint density at radius 1 is 0.914 bits per heavy atom. The van der Waals surface area contributed by atoms with Crippen molar-refractivity contribution in [2.45, 2.75) is 24.4 Å². The van der Waals surface area contributed by atoms with Crippen LogP contribution in [0, 0.1) is 0 Å². The Balaban J connectivity index is 2.01. The molecule has 0 aromatic heterocycles. The lowest BCUT2D eigenvalue weighted by Crippen LogP contribution is -2.50. The van der Waals surface area contributed by atoms with E-state index in [4.69, 9.17) is 23.2 Å². The number of carbonyl (C=O) groups excluding carboxylic acids is 2. The fourth-order valence-corrected chi connectivity index (χ4v) is 5.20. The lowest BCUT2D eigenvalue weighted by molar-refractivity contribution is -0.139. The van der Waals surface area contributed by atoms with E-state index in [-0.39, 0.29) is 23.0 Å². The Bertz CT molecular complexity index is 1290. The van der Waals surface area contributed by atoms with E-state index in [2.05, 4.69) is 5.32 Å². The summed E-state index contributed by atoms with van der Waals surface area (Å²) in [7, 11) is -2.65. The van der Waals surface area contributed by atoms with Crippen LogP contribution in [0.1, 0.15) is 12.5 Å². The number of nitrogens with one attached hydrogen (secondary N) is 1. The molecule has 184 valence electrons. The van der Waals surface area contributed by atoms with Crippen LogP contribution in [0.15, 0.2) is 83.8 Å². The second-order valence-electron chi connectivity index (χ2n) is 7.74. The second kappa shape index (κ2) is 11.6. The van der Waals surface area contributed by atoms with Crippen LogP contribution in [0.3, 0.4) is 0 Å². The molecule has 0 aliphatic carbocycles. The summed E-state index contributed by atoms with van der Waals surface area (Å²) in [5, 5.41) is 3.39. The van der Waals surface area contributed by atoms with Gasteiger partial charge in [-0.15, -0.1) is 0 Å². The maximum absolute atomic E-state index is 13.6. The van der Waals surface area contributed by atoms with Crippen LogP contribution >= 0.6 is 23.2 Å². The lowest BCUT2D eigenvalue weighted by Gasteiger charge is -2.31. The molecule has 0 fully saturated rings. The first-order valence-corrected chi connectivity index (χ1v) is 12.9. The highest BCUT2D eigenvalue weighted by Gasteiger charge is 2.32. The number of hydrogen-bond acceptors (Lipinski definition) is 4. The highest BCUT2D eigenvalue weighted by atomic mass is 35.5. The molecule has 10 heteroatoms. The second-order valence-corrected chi connectivity index (χ2v) is 10.5. The minimum Gasteiger partial charge on any atom is -0.357 e. The molecule has 2 amide bonds. The van der Waals surface area contributed by atoms with Gasteiger partial charge < -0.3 is 10.2 Å². The van der Waals surface area contributed by atoms with E-state index in [1.54, 1.807) is 67.6 Å². The fourth-order valence-electron chi connectivity index (χ4n) is 3.46. The van der Waals surface area contributed by atoms with Crippen LogP contribution in [0.4, 0.5) is 5.69 Å². The topological polar surface area (TPSA) is 86.8 Å². The number of halogens is 2. The third-order valence-corrected chi connectivity index (χ3v) is 7.66. The van der Waals surface area contributed by atoms with Crippen LogP contribution < -0.4 is 9.62 Å². The van der Waals surface area contributed by atoms with Gasteiger partial charge in [0, 0.05) is 23.6 Å². The zero-order valence-electron chi connectivity index (χ0n) is 19.2. The Labute approximate surface area is 215 Å². The van der Waals surface area contributed by atoms with Gasteiger partial charge >= 0.3 is 0 Å². The van der Waals surface area contributed by atoms with Crippen molar-refractivity contribution in [3.05, 3.63) is 94.5 Å². The van der Waals surface area contributed by atoms with Gasteiger partial charge in [-0.25, -0.2) is 8.42 Å². The molecule has 0 aliphatic heterocycles. The molecule has 0 aliphatic rings. The van der Waals surface area contributed by atoms with Crippen LogP contribution in [0.25, 0.3) is 0 Å². The molecule has 35 heavy (non-hydrogen) atoms. The summed E-state index contributed by atoms with van der Waals surface area (Å²) in [5.74, 6) is -0.942. The van der Waals surface area contributed by atoms with Gasteiger partial charge in [0.05, 0.1) is 10.6 Å². The molecule has 1 N–H and O–H groups in total. The van der Waals surface area contributed by atoms with E-state index in [9.17, 15) is 18.0 Å². The molecule has 0 bridgehead atoms. The molecule has 0 spiro atoms. The summed E-state index contributed by atoms with van der Waals surface area (Å²) in [6.07, 6.45) is 0. The zero-order valence-corrected chi connectivity index (χ0v) is 21.5. The number of amides is 2. The largest absolute Gasteiger partial charge is 0.357 e. The number of sulfonamides is 1. The van der Waals surface area contributed by atoms with Crippen molar-refractivity contribution in [2.24, 2.45) is 0 Å². The van der Waals surface area contributed by atoms with Crippen molar-refractivity contribution in [2.75, 3.05) is 17.9 Å². The Hall–Kier alpha value is -3.07. The standard InChI is InChI=1S/C25H25Cl2N3O4S/c1-18(25(32)28-2)29(16-19-11-13-20(26)14-12-19)24(31)17-30(22-8-6-7-21(27)15-22)35(33,34)23-9-4-3-5-10-23/h3-15,18H,16-17H2,1-2H3,(H,28,32). The first-order valence-electron chi connectivity index (χ1n) is 10.7. The molecular formula is C25H25Cl2N3O4S. The molecule has 1 unspecified atom stereocenters. The van der Waals surface area contributed by atoms with Gasteiger partial charge in [0.2, 0.25) is 11.8 Å². The molecule has 0 saturated heterocycles. The lowest BCUT2D eigenvalue weighted by atomic mass is 10.1. The molecule has 3 rings (SSSR count). The summed E-state index contributed by atoms with van der Waals surface area (Å²) in [5.41, 5.74) is 0.965. The van der Waals surface area contributed by atoms with Crippen molar-refractivity contribution in [3.63, 3.8) is 0 Å². The molecule has 0 saturated carbocycles. The van der Waals surface area contributed by atoms with Crippen LogP contribution in [-0.2, 0) is 26.2 Å². The number of likely N-dealkylation sites (N-methyl/N-ethyl adjacent to an activating group) is 1. The van der Waals surface area contributed by atoms with Gasteiger partial charge in [-0.3, -0.25) is 13.9 Å². The maximum atomic E-state index is 13.6. The molecule has 1 atom stereocenters.